The van der Waals surface area contributed by atoms with Crippen molar-refractivity contribution in [3.63, 3.8) is 0 Å². The Kier molecular flexibility index (Phi) is 3.89. The molecule has 0 aromatic carbocycles. The molecule has 0 radical (unpaired) electrons. The number of likely N-dealkylation sites (N-methyl/N-ethyl adjacent to an activating group) is 1. The average Bonchev–Trinajstić information content (AvgIpc) is 2.44. The van der Waals surface area contributed by atoms with E-state index in [-0.39, 0.29) is 6.10 Å². The molecule has 0 saturated carbocycles. The fourth-order valence-electron chi connectivity index (χ4n) is 2.02. The maximum Gasteiger partial charge on any atom is 0.0958 e. The van der Waals surface area contributed by atoms with E-state index >= 15 is 0 Å². The highest BCUT2D eigenvalue weighted by Crippen LogP contribution is 2.19. The molecule has 82 valence electrons. The first-order valence-corrected chi connectivity index (χ1v) is 5.21. The maximum atomic E-state index is 9.57. The Bertz CT molecular complexity index is 206. The standard InChI is InChI=1S/C10H21N3O/c1-4-10(11)13-7-9(14)5-8(13)6-12(2)3/h8-9,11,14H,4-7H2,1-3H3. The summed E-state index contributed by atoms with van der Waals surface area (Å²) in [5.41, 5.74) is 0. The molecule has 0 spiro atoms. The van der Waals surface area contributed by atoms with Gasteiger partial charge in [-0.2, -0.15) is 0 Å². The molecule has 1 saturated heterocycles. The van der Waals surface area contributed by atoms with E-state index in [0.717, 1.165) is 19.4 Å². The quantitative estimate of drug-likeness (QED) is 0.510. The van der Waals surface area contributed by atoms with Crippen molar-refractivity contribution in [3.8, 4) is 0 Å². The molecular weight excluding hydrogens is 178 g/mol. The SMILES string of the molecule is CCC(=N)N1CC(O)CC1CN(C)C. The van der Waals surface area contributed by atoms with Crippen molar-refractivity contribution in [1.29, 1.82) is 5.41 Å². The van der Waals surface area contributed by atoms with Gasteiger partial charge in [-0.25, -0.2) is 0 Å². The summed E-state index contributed by atoms with van der Waals surface area (Å²) in [6.45, 7) is 3.53. The minimum atomic E-state index is -0.258. The zero-order chi connectivity index (χ0) is 10.7. The Morgan fingerprint density at radius 2 is 2.21 bits per heavy atom. The molecule has 1 aliphatic heterocycles. The van der Waals surface area contributed by atoms with Gasteiger partial charge >= 0.3 is 0 Å². The molecule has 0 aromatic heterocycles. The molecule has 0 bridgehead atoms. The third kappa shape index (κ3) is 2.69. The number of nitrogens with one attached hydrogen (secondary N) is 1. The Labute approximate surface area is 86.0 Å². The summed E-state index contributed by atoms with van der Waals surface area (Å²) in [5, 5.41) is 17.4. The van der Waals surface area contributed by atoms with Crippen molar-refractivity contribution in [3.05, 3.63) is 0 Å². The van der Waals surface area contributed by atoms with E-state index in [9.17, 15) is 5.11 Å². The van der Waals surface area contributed by atoms with Gasteiger partial charge in [0.05, 0.1) is 11.9 Å². The molecule has 4 nitrogen and oxygen atoms in total. The highest BCUT2D eigenvalue weighted by Gasteiger charge is 2.31. The molecule has 4 heteroatoms. The van der Waals surface area contributed by atoms with Crippen LogP contribution in [0.15, 0.2) is 0 Å². The van der Waals surface area contributed by atoms with Crippen LogP contribution in [0, 0.1) is 5.41 Å². The van der Waals surface area contributed by atoms with Gasteiger partial charge in [-0.05, 0) is 20.5 Å². The molecule has 0 aromatic rings. The van der Waals surface area contributed by atoms with Crippen LogP contribution in [0.2, 0.25) is 0 Å². The number of aliphatic hydroxyl groups excluding tert-OH is 1. The fourth-order valence-corrected chi connectivity index (χ4v) is 2.02. The molecule has 0 aliphatic carbocycles. The first-order chi connectivity index (χ1) is 6.54. The van der Waals surface area contributed by atoms with Crippen molar-refractivity contribution >= 4 is 5.84 Å². The van der Waals surface area contributed by atoms with Crippen molar-refractivity contribution in [2.75, 3.05) is 27.2 Å². The summed E-state index contributed by atoms with van der Waals surface area (Å²) in [4.78, 5) is 4.14. The number of hydrogen-bond donors (Lipinski definition) is 2. The average molecular weight is 199 g/mol. The van der Waals surface area contributed by atoms with Gasteiger partial charge in [0.15, 0.2) is 0 Å². The molecule has 1 aliphatic rings. The van der Waals surface area contributed by atoms with Crippen LogP contribution < -0.4 is 0 Å². The summed E-state index contributed by atoms with van der Waals surface area (Å²) in [5.74, 6) is 0.647. The molecule has 1 fully saturated rings. The molecule has 2 N–H and O–H groups in total. The largest absolute Gasteiger partial charge is 0.391 e. The third-order valence-corrected chi connectivity index (χ3v) is 2.65. The Morgan fingerprint density at radius 3 is 2.71 bits per heavy atom. The second-order valence-electron chi connectivity index (χ2n) is 4.26. The lowest BCUT2D eigenvalue weighted by Crippen LogP contribution is -2.40. The minimum Gasteiger partial charge on any atom is -0.391 e. The number of amidine groups is 1. The molecule has 14 heavy (non-hydrogen) atoms. The zero-order valence-electron chi connectivity index (χ0n) is 9.32. The Balaban J connectivity index is 2.58. The Morgan fingerprint density at radius 1 is 1.57 bits per heavy atom. The van der Waals surface area contributed by atoms with Crippen molar-refractivity contribution < 1.29 is 5.11 Å². The van der Waals surface area contributed by atoms with Crippen LogP contribution in [0.5, 0.6) is 0 Å². The predicted molar refractivity (Wildman–Crippen MR) is 57.7 cm³/mol. The molecule has 0 amide bonds. The van der Waals surface area contributed by atoms with Gasteiger partial charge in [-0.3, -0.25) is 5.41 Å². The molecule has 1 heterocycles. The lowest BCUT2D eigenvalue weighted by Gasteiger charge is -2.28. The van der Waals surface area contributed by atoms with E-state index in [2.05, 4.69) is 4.90 Å². The summed E-state index contributed by atoms with van der Waals surface area (Å²) >= 11 is 0. The first-order valence-electron chi connectivity index (χ1n) is 5.21. The molecule has 2 unspecified atom stereocenters. The normalized spacial score (nSPS) is 27.4. The van der Waals surface area contributed by atoms with Crippen LogP contribution in [0.1, 0.15) is 19.8 Å². The lowest BCUT2D eigenvalue weighted by molar-refractivity contribution is 0.187. The van der Waals surface area contributed by atoms with Gasteiger partial charge in [0, 0.05) is 25.6 Å². The minimum absolute atomic E-state index is 0.258. The van der Waals surface area contributed by atoms with Crippen LogP contribution in [0.3, 0.4) is 0 Å². The number of likely N-dealkylation sites (tertiary alicyclic amines) is 1. The Hall–Kier alpha value is -0.610. The number of rotatable bonds is 3. The molecule has 2 atom stereocenters. The topological polar surface area (TPSA) is 50.6 Å². The van der Waals surface area contributed by atoms with Gasteiger partial charge < -0.3 is 14.9 Å². The number of hydrogen-bond acceptors (Lipinski definition) is 3. The summed E-state index contributed by atoms with van der Waals surface area (Å²) in [6, 6.07) is 0.312. The van der Waals surface area contributed by atoms with E-state index in [0.29, 0.717) is 18.4 Å². The second kappa shape index (κ2) is 4.75. The lowest BCUT2D eigenvalue weighted by atomic mass is 10.2. The first kappa shape index (κ1) is 11.5. The van der Waals surface area contributed by atoms with E-state index in [1.807, 2.05) is 25.9 Å². The summed E-state index contributed by atoms with van der Waals surface area (Å²) < 4.78 is 0. The smallest absolute Gasteiger partial charge is 0.0958 e. The van der Waals surface area contributed by atoms with E-state index in [1.54, 1.807) is 0 Å². The highest BCUT2D eigenvalue weighted by molar-refractivity contribution is 5.79. The van der Waals surface area contributed by atoms with Crippen LogP contribution in [-0.4, -0.2) is 60.1 Å². The summed E-state index contributed by atoms with van der Waals surface area (Å²) in [7, 11) is 4.05. The second-order valence-corrected chi connectivity index (χ2v) is 4.26. The van der Waals surface area contributed by atoms with E-state index < -0.39 is 0 Å². The third-order valence-electron chi connectivity index (χ3n) is 2.65. The van der Waals surface area contributed by atoms with Gasteiger partial charge in [-0.1, -0.05) is 6.92 Å². The van der Waals surface area contributed by atoms with Gasteiger partial charge in [0.1, 0.15) is 0 Å². The number of aliphatic hydroxyl groups is 1. The van der Waals surface area contributed by atoms with Crippen LogP contribution >= 0.6 is 0 Å². The van der Waals surface area contributed by atoms with Crippen molar-refractivity contribution in [2.24, 2.45) is 0 Å². The van der Waals surface area contributed by atoms with Gasteiger partial charge in [-0.15, -0.1) is 0 Å². The van der Waals surface area contributed by atoms with Crippen LogP contribution in [0.4, 0.5) is 0 Å². The van der Waals surface area contributed by atoms with E-state index in [1.165, 1.54) is 0 Å². The highest BCUT2D eigenvalue weighted by atomic mass is 16.3. The molecule has 1 rings (SSSR count). The van der Waals surface area contributed by atoms with Crippen molar-refractivity contribution in [1.82, 2.24) is 9.80 Å². The molecular formula is C10H21N3O. The number of β-amino-alcohol motifs (C(OH)–C–C–N with tert-alkyl or cyclic N) is 1. The van der Waals surface area contributed by atoms with Crippen molar-refractivity contribution in [2.45, 2.75) is 31.9 Å². The fraction of sp³-hybridized carbons (Fsp3) is 0.900. The monoisotopic (exact) mass is 199 g/mol. The maximum absolute atomic E-state index is 9.57. The van der Waals surface area contributed by atoms with Crippen LogP contribution in [-0.2, 0) is 0 Å². The van der Waals surface area contributed by atoms with Crippen LogP contribution in [0.25, 0.3) is 0 Å². The van der Waals surface area contributed by atoms with Gasteiger partial charge in [0.2, 0.25) is 0 Å². The number of nitrogens with zero attached hydrogens (tertiary/aromatic N) is 2. The van der Waals surface area contributed by atoms with Gasteiger partial charge in [0.25, 0.3) is 0 Å². The summed E-state index contributed by atoms with van der Waals surface area (Å²) in [6.07, 6.45) is 1.28. The zero-order valence-corrected chi connectivity index (χ0v) is 9.32. The van der Waals surface area contributed by atoms with E-state index in [4.69, 9.17) is 5.41 Å². The predicted octanol–water partition coefficient (Wildman–Crippen LogP) is 0.370.